The van der Waals surface area contributed by atoms with Gasteiger partial charge < -0.3 is 5.32 Å². The van der Waals surface area contributed by atoms with Crippen LogP contribution in [0.25, 0.3) is 5.69 Å². The maximum Gasteiger partial charge on any atom is 0.0844 e. The zero-order valence-corrected chi connectivity index (χ0v) is 13.1. The predicted octanol–water partition coefficient (Wildman–Crippen LogP) is 3.81. The van der Waals surface area contributed by atoms with Crippen LogP contribution in [0.2, 0.25) is 0 Å². The van der Waals surface area contributed by atoms with Crippen LogP contribution in [0, 0.1) is 0 Å². The Morgan fingerprint density at radius 2 is 1.95 bits per heavy atom. The molecule has 0 spiro atoms. The lowest BCUT2D eigenvalue weighted by Crippen LogP contribution is -2.20. The number of para-hydroxylation sites is 1. The smallest absolute Gasteiger partial charge is 0.0844 e. The zero-order chi connectivity index (χ0) is 14.7. The highest BCUT2D eigenvalue weighted by Gasteiger charge is 2.19. The average molecular weight is 297 g/mol. The van der Waals surface area contributed by atoms with Crippen molar-refractivity contribution >= 4 is 11.3 Å². The van der Waals surface area contributed by atoms with Crippen molar-refractivity contribution in [1.29, 1.82) is 0 Å². The van der Waals surface area contributed by atoms with E-state index in [1.807, 2.05) is 47.5 Å². The Labute approximate surface area is 129 Å². The summed E-state index contributed by atoms with van der Waals surface area (Å²) in [6.07, 6.45) is 2.94. The van der Waals surface area contributed by atoms with Crippen LogP contribution in [0.3, 0.4) is 0 Å². The summed E-state index contributed by atoms with van der Waals surface area (Å²) in [7, 11) is 2.00. The van der Waals surface area contributed by atoms with Crippen molar-refractivity contribution in [2.45, 2.75) is 19.4 Å². The summed E-state index contributed by atoms with van der Waals surface area (Å²) in [4.78, 5) is 2.74. The minimum atomic E-state index is 0.165. The van der Waals surface area contributed by atoms with Gasteiger partial charge in [0.05, 0.1) is 17.4 Å². The first-order valence-electron chi connectivity index (χ1n) is 7.18. The fraction of sp³-hybridized carbons (Fsp3) is 0.235. The van der Waals surface area contributed by atoms with Crippen molar-refractivity contribution in [1.82, 2.24) is 15.1 Å². The van der Waals surface area contributed by atoms with Gasteiger partial charge in [-0.1, -0.05) is 25.1 Å². The lowest BCUT2D eigenvalue weighted by Gasteiger charge is -2.17. The number of aromatic nitrogens is 2. The van der Waals surface area contributed by atoms with E-state index in [2.05, 4.69) is 47.7 Å². The van der Waals surface area contributed by atoms with Crippen molar-refractivity contribution in [3.63, 3.8) is 0 Å². The molecule has 1 N–H and O–H groups in total. The monoisotopic (exact) mass is 297 g/mol. The molecule has 3 rings (SSSR count). The molecule has 1 atom stereocenters. The number of thiophene rings is 1. The molecule has 0 aliphatic rings. The summed E-state index contributed by atoms with van der Waals surface area (Å²) in [6.45, 7) is 2.19. The molecule has 3 nitrogen and oxygen atoms in total. The average Bonchev–Trinajstić information content (AvgIpc) is 3.19. The molecule has 0 aliphatic carbocycles. The van der Waals surface area contributed by atoms with E-state index in [9.17, 15) is 0 Å². The van der Waals surface area contributed by atoms with E-state index in [4.69, 9.17) is 0 Å². The van der Waals surface area contributed by atoms with Crippen LogP contribution in [0.1, 0.15) is 28.4 Å². The topological polar surface area (TPSA) is 29.9 Å². The van der Waals surface area contributed by atoms with Gasteiger partial charge >= 0.3 is 0 Å². The van der Waals surface area contributed by atoms with Gasteiger partial charge in [0.1, 0.15) is 0 Å². The van der Waals surface area contributed by atoms with E-state index in [0.717, 1.165) is 17.8 Å². The molecule has 108 valence electrons. The molecule has 2 heterocycles. The molecule has 2 aromatic heterocycles. The summed E-state index contributed by atoms with van der Waals surface area (Å²) < 4.78 is 2.01. The Balaban J connectivity index is 2.01. The van der Waals surface area contributed by atoms with Crippen molar-refractivity contribution in [3.05, 3.63) is 70.2 Å². The second-order valence-electron chi connectivity index (χ2n) is 4.88. The number of hydrogen-bond donors (Lipinski definition) is 1. The molecule has 1 unspecified atom stereocenters. The summed E-state index contributed by atoms with van der Waals surface area (Å²) in [5.41, 5.74) is 2.25. The first-order chi connectivity index (χ1) is 10.3. The maximum absolute atomic E-state index is 4.49. The molecule has 0 fully saturated rings. The van der Waals surface area contributed by atoms with Gasteiger partial charge in [0, 0.05) is 16.0 Å². The molecule has 0 amide bonds. The van der Waals surface area contributed by atoms with Gasteiger partial charge in [-0.15, -0.1) is 11.3 Å². The molecule has 0 saturated heterocycles. The third-order valence-electron chi connectivity index (χ3n) is 3.57. The number of nitrogens with one attached hydrogen (secondary N) is 1. The number of aryl methyl sites for hydroxylation is 1. The fourth-order valence-electron chi connectivity index (χ4n) is 2.49. The van der Waals surface area contributed by atoms with Crippen LogP contribution >= 0.6 is 11.3 Å². The molecular formula is C17H19N3S. The van der Waals surface area contributed by atoms with Crippen molar-refractivity contribution in [2.24, 2.45) is 0 Å². The Hall–Kier alpha value is -1.91. The van der Waals surface area contributed by atoms with Crippen LogP contribution in [0.5, 0.6) is 0 Å². The van der Waals surface area contributed by atoms with Crippen LogP contribution < -0.4 is 5.32 Å². The molecule has 1 aromatic carbocycles. The molecular weight excluding hydrogens is 278 g/mol. The van der Waals surface area contributed by atoms with E-state index in [1.54, 1.807) is 0 Å². The summed E-state index contributed by atoms with van der Waals surface area (Å²) in [5, 5.41) is 7.91. The van der Waals surface area contributed by atoms with Gasteiger partial charge in [-0.2, -0.15) is 5.10 Å². The highest BCUT2D eigenvalue weighted by atomic mass is 32.1. The summed E-state index contributed by atoms with van der Waals surface area (Å²) >= 11 is 1.86. The van der Waals surface area contributed by atoms with Crippen LogP contribution in [-0.2, 0) is 6.42 Å². The Bertz CT molecular complexity index is 700. The molecule has 4 heteroatoms. The fourth-order valence-corrected chi connectivity index (χ4v) is 3.57. The molecule has 3 aromatic rings. The Morgan fingerprint density at radius 3 is 2.62 bits per heavy atom. The lowest BCUT2D eigenvalue weighted by molar-refractivity contribution is 0.646. The number of hydrogen-bond acceptors (Lipinski definition) is 3. The van der Waals surface area contributed by atoms with Crippen molar-refractivity contribution in [3.8, 4) is 5.69 Å². The van der Waals surface area contributed by atoms with Gasteiger partial charge in [-0.25, -0.2) is 4.68 Å². The van der Waals surface area contributed by atoms with Crippen molar-refractivity contribution in [2.75, 3.05) is 7.05 Å². The minimum Gasteiger partial charge on any atom is -0.307 e. The van der Waals surface area contributed by atoms with Gasteiger partial charge in [0.2, 0.25) is 0 Å². The second-order valence-corrected chi connectivity index (χ2v) is 6.08. The zero-order valence-electron chi connectivity index (χ0n) is 12.3. The van der Waals surface area contributed by atoms with Crippen LogP contribution in [0.4, 0.5) is 0 Å². The van der Waals surface area contributed by atoms with E-state index >= 15 is 0 Å². The van der Waals surface area contributed by atoms with E-state index in [-0.39, 0.29) is 6.04 Å². The highest BCUT2D eigenvalue weighted by molar-refractivity contribution is 7.12. The SMILES string of the molecule is CCc1ccc(C(NC)c2ccnn2-c2ccccc2)s1. The summed E-state index contributed by atoms with van der Waals surface area (Å²) in [5.74, 6) is 0. The van der Waals surface area contributed by atoms with Crippen LogP contribution in [0.15, 0.2) is 54.7 Å². The third kappa shape index (κ3) is 2.77. The molecule has 21 heavy (non-hydrogen) atoms. The maximum atomic E-state index is 4.49. The van der Waals surface area contributed by atoms with Gasteiger partial charge in [-0.05, 0) is 43.8 Å². The normalized spacial score (nSPS) is 12.5. The molecule has 0 saturated carbocycles. The largest absolute Gasteiger partial charge is 0.307 e. The Kier molecular flexibility index (Phi) is 4.18. The third-order valence-corrected chi connectivity index (χ3v) is 4.87. The van der Waals surface area contributed by atoms with Gasteiger partial charge in [0.15, 0.2) is 0 Å². The van der Waals surface area contributed by atoms with Gasteiger partial charge in [-0.3, -0.25) is 0 Å². The first-order valence-corrected chi connectivity index (χ1v) is 8.00. The first kappa shape index (κ1) is 14.0. The number of nitrogens with zero attached hydrogens (tertiary/aromatic N) is 2. The van der Waals surface area contributed by atoms with Crippen molar-refractivity contribution < 1.29 is 0 Å². The van der Waals surface area contributed by atoms with Crippen LogP contribution in [-0.4, -0.2) is 16.8 Å². The quantitative estimate of drug-likeness (QED) is 0.776. The minimum absolute atomic E-state index is 0.165. The number of benzene rings is 1. The highest BCUT2D eigenvalue weighted by Crippen LogP contribution is 2.29. The predicted molar refractivity (Wildman–Crippen MR) is 88.2 cm³/mol. The number of rotatable bonds is 5. The molecule has 0 radical (unpaired) electrons. The van der Waals surface area contributed by atoms with Gasteiger partial charge in [0.25, 0.3) is 0 Å². The lowest BCUT2D eigenvalue weighted by atomic mass is 10.1. The second kappa shape index (κ2) is 6.24. The molecule has 0 aliphatic heterocycles. The Morgan fingerprint density at radius 1 is 1.14 bits per heavy atom. The van der Waals surface area contributed by atoms with E-state index in [1.165, 1.54) is 9.75 Å². The van der Waals surface area contributed by atoms with E-state index < -0.39 is 0 Å². The molecule has 0 bridgehead atoms. The van der Waals surface area contributed by atoms with E-state index in [0.29, 0.717) is 0 Å². The standard InChI is InChI=1S/C17H19N3S/c1-3-14-9-10-16(21-14)17(18-2)15-11-12-19-20(15)13-7-5-4-6-8-13/h4-12,17-18H,3H2,1-2H3. The summed E-state index contributed by atoms with van der Waals surface area (Å²) in [6, 6.07) is 16.9.